The van der Waals surface area contributed by atoms with Crippen LogP contribution in [0.15, 0.2) is 18.3 Å². The Morgan fingerprint density at radius 3 is 2.83 bits per heavy atom. The summed E-state index contributed by atoms with van der Waals surface area (Å²) in [5.74, 6) is 0.963. The second-order valence-corrected chi connectivity index (χ2v) is 6.10. The molecule has 0 unspecified atom stereocenters. The summed E-state index contributed by atoms with van der Waals surface area (Å²) < 4.78 is 0. The van der Waals surface area contributed by atoms with Gasteiger partial charge in [-0.3, -0.25) is 0 Å². The number of pyridine rings is 1. The Hall–Kier alpha value is -1.09. The zero-order valence-corrected chi connectivity index (χ0v) is 11.7. The lowest BCUT2D eigenvalue weighted by molar-refractivity contribution is 0.199. The highest BCUT2D eigenvalue weighted by Gasteiger charge is 2.25. The van der Waals surface area contributed by atoms with Crippen molar-refractivity contribution in [3.8, 4) is 0 Å². The van der Waals surface area contributed by atoms with Crippen molar-refractivity contribution >= 4 is 5.82 Å². The molecule has 3 nitrogen and oxygen atoms in total. The summed E-state index contributed by atoms with van der Waals surface area (Å²) >= 11 is 0. The van der Waals surface area contributed by atoms with Gasteiger partial charge in [0.2, 0.25) is 0 Å². The van der Waals surface area contributed by atoms with Crippen LogP contribution in [0.5, 0.6) is 0 Å². The lowest BCUT2D eigenvalue weighted by atomic mass is 9.85. The molecule has 1 N–H and O–H groups in total. The van der Waals surface area contributed by atoms with E-state index in [0.29, 0.717) is 5.41 Å². The van der Waals surface area contributed by atoms with Crippen molar-refractivity contribution < 1.29 is 5.11 Å². The molecule has 1 aromatic rings. The van der Waals surface area contributed by atoms with E-state index in [9.17, 15) is 5.11 Å². The Morgan fingerprint density at radius 2 is 2.11 bits per heavy atom. The molecule has 0 bridgehead atoms. The lowest BCUT2D eigenvalue weighted by Crippen LogP contribution is -2.27. The van der Waals surface area contributed by atoms with Crippen molar-refractivity contribution in [2.45, 2.75) is 46.1 Å². The van der Waals surface area contributed by atoms with Crippen LogP contribution < -0.4 is 4.90 Å². The molecule has 0 aliphatic carbocycles. The normalized spacial score (nSPS) is 21.4. The van der Waals surface area contributed by atoms with Gasteiger partial charge in [-0.1, -0.05) is 19.9 Å². The second kappa shape index (κ2) is 5.27. The predicted octanol–water partition coefficient (Wildman–Crippen LogP) is 3.15. The summed E-state index contributed by atoms with van der Waals surface area (Å²) in [4.78, 5) is 6.81. The molecule has 0 saturated carbocycles. The van der Waals surface area contributed by atoms with E-state index in [1.54, 1.807) is 0 Å². The molecule has 100 valence electrons. The number of hydrogen-bond acceptors (Lipinski definition) is 3. The molecule has 1 aliphatic heterocycles. The van der Waals surface area contributed by atoms with Crippen LogP contribution in [0.2, 0.25) is 0 Å². The Labute approximate surface area is 110 Å². The van der Waals surface area contributed by atoms with E-state index >= 15 is 0 Å². The van der Waals surface area contributed by atoms with Gasteiger partial charge in [0.1, 0.15) is 5.82 Å². The summed E-state index contributed by atoms with van der Waals surface area (Å²) in [5.41, 5.74) is 1.37. The zero-order chi connectivity index (χ0) is 13.2. The van der Waals surface area contributed by atoms with Crippen LogP contribution in [0.1, 0.15) is 51.7 Å². The topological polar surface area (TPSA) is 36.4 Å². The van der Waals surface area contributed by atoms with Crippen molar-refractivity contribution in [1.82, 2.24) is 4.98 Å². The van der Waals surface area contributed by atoms with Crippen LogP contribution in [0.4, 0.5) is 5.82 Å². The van der Waals surface area contributed by atoms with Gasteiger partial charge in [0, 0.05) is 24.8 Å². The monoisotopic (exact) mass is 248 g/mol. The molecule has 2 rings (SSSR count). The van der Waals surface area contributed by atoms with Gasteiger partial charge < -0.3 is 10.0 Å². The molecular weight excluding hydrogens is 224 g/mol. The molecule has 18 heavy (non-hydrogen) atoms. The summed E-state index contributed by atoms with van der Waals surface area (Å²) in [6.07, 6.45) is 5.01. The largest absolute Gasteiger partial charge is 0.389 e. The lowest BCUT2D eigenvalue weighted by Gasteiger charge is -2.26. The average molecular weight is 248 g/mol. The van der Waals surface area contributed by atoms with E-state index in [2.05, 4.69) is 23.7 Å². The summed E-state index contributed by atoms with van der Waals surface area (Å²) in [5, 5.41) is 9.84. The first-order valence-corrected chi connectivity index (χ1v) is 6.87. The number of hydrogen-bond donors (Lipinski definition) is 1. The number of aliphatic hydroxyl groups excluding tert-OH is 1. The van der Waals surface area contributed by atoms with E-state index < -0.39 is 6.10 Å². The first-order chi connectivity index (χ1) is 8.49. The second-order valence-electron chi connectivity index (χ2n) is 6.10. The third-order valence-electron chi connectivity index (χ3n) is 3.91. The highest BCUT2D eigenvalue weighted by atomic mass is 16.3. The molecule has 0 aromatic carbocycles. The SMILES string of the molecule is C[C@H](O)c1cccnc1N1CCCC(C)(C)CC1. The first-order valence-electron chi connectivity index (χ1n) is 6.87. The van der Waals surface area contributed by atoms with Crippen molar-refractivity contribution in [2.75, 3.05) is 18.0 Å². The standard InChI is InChI=1S/C15H24N2O/c1-12(18)13-6-4-9-16-14(13)17-10-5-7-15(2,3)8-11-17/h4,6,9,12,18H,5,7-8,10-11H2,1-3H3/t12-/m0/s1. The average Bonchev–Trinajstić information content (AvgIpc) is 2.50. The van der Waals surface area contributed by atoms with Crippen LogP contribution in [0.3, 0.4) is 0 Å². The zero-order valence-electron chi connectivity index (χ0n) is 11.7. The maximum atomic E-state index is 9.84. The van der Waals surface area contributed by atoms with E-state index in [1.165, 1.54) is 19.3 Å². The Bertz CT molecular complexity index is 401. The molecule has 0 radical (unpaired) electrons. The van der Waals surface area contributed by atoms with E-state index in [1.807, 2.05) is 25.3 Å². The molecular formula is C15H24N2O. The Balaban J connectivity index is 2.21. The van der Waals surface area contributed by atoms with Gasteiger partial charge in [-0.25, -0.2) is 4.98 Å². The number of aliphatic hydroxyl groups is 1. The summed E-state index contributed by atoms with van der Waals surface area (Å²) in [7, 11) is 0. The van der Waals surface area contributed by atoms with Crippen molar-refractivity contribution in [1.29, 1.82) is 0 Å². The minimum atomic E-state index is -0.454. The van der Waals surface area contributed by atoms with Crippen LogP contribution in [0.25, 0.3) is 0 Å². The fraction of sp³-hybridized carbons (Fsp3) is 0.667. The van der Waals surface area contributed by atoms with Gasteiger partial charge in [-0.15, -0.1) is 0 Å². The molecule has 2 heterocycles. The number of nitrogens with zero attached hydrogens (tertiary/aromatic N) is 2. The molecule has 1 fully saturated rings. The van der Waals surface area contributed by atoms with E-state index in [4.69, 9.17) is 0 Å². The Kier molecular flexibility index (Phi) is 3.91. The maximum Gasteiger partial charge on any atom is 0.134 e. The Morgan fingerprint density at radius 1 is 1.33 bits per heavy atom. The quantitative estimate of drug-likeness (QED) is 0.873. The van der Waals surface area contributed by atoms with Crippen molar-refractivity contribution in [2.24, 2.45) is 5.41 Å². The minimum Gasteiger partial charge on any atom is -0.389 e. The van der Waals surface area contributed by atoms with Gasteiger partial charge in [0.05, 0.1) is 6.10 Å². The fourth-order valence-electron chi connectivity index (χ4n) is 2.63. The first kappa shape index (κ1) is 13.3. The fourth-order valence-corrected chi connectivity index (χ4v) is 2.63. The molecule has 3 heteroatoms. The third-order valence-corrected chi connectivity index (χ3v) is 3.91. The van der Waals surface area contributed by atoms with Crippen LogP contribution >= 0.6 is 0 Å². The summed E-state index contributed by atoms with van der Waals surface area (Å²) in [6, 6.07) is 3.87. The van der Waals surface area contributed by atoms with Gasteiger partial charge >= 0.3 is 0 Å². The van der Waals surface area contributed by atoms with Gasteiger partial charge in [-0.2, -0.15) is 0 Å². The highest BCUT2D eigenvalue weighted by molar-refractivity contribution is 5.47. The van der Waals surface area contributed by atoms with E-state index in [0.717, 1.165) is 24.5 Å². The van der Waals surface area contributed by atoms with Crippen molar-refractivity contribution in [3.05, 3.63) is 23.9 Å². The molecule has 1 aliphatic rings. The summed E-state index contributed by atoms with van der Waals surface area (Å²) in [6.45, 7) is 8.56. The molecule has 0 amide bonds. The predicted molar refractivity (Wildman–Crippen MR) is 74.7 cm³/mol. The molecule has 1 saturated heterocycles. The minimum absolute atomic E-state index is 0.425. The number of rotatable bonds is 2. The van der Waals surface area contributed by atoms with Gasteiger partial charge in [0.25, 0.3) is 0 Å². The number of aromatic nitrogens is 1. The third kappa shape index (κ3) is 3.02. The van der Waals surface area contributed by atoms with Crippen LogP contribution in [0, 0.1) is 5.41 Å². The molecule has 0 spiro atoms. The smallest absolute Gasteiger partial charge is 0.134 e. The van der Waals surface area contributed by atoms with Gasteiger partial charge in [0.15, 0.2) is 0 Å². The van der Waals surface area contributed by atoms with E-state index in [-0.39, 0.29) is 0 Å². The number of anilines is 1. The van der Waals surface area contributed by atoms with Gasteiger partial charge in [-0.05, 0) is 37.7 Å². The maximum absolute atomic E-state index is 9.84. The van der Waals surface area contributed by atoms with Crippen molar-refractivity contribution in [3.63, 3.8) is 0 Å². The highest BCUT2D eigenvalue weighted by Crippen LogP contribution is 2.33. The van der Waals surface area contributed by atoms with Crippen LogP contribution in [-0.2, 0) is 0 Å². The molecule has 1 aromatic heterocycles. The van der Waals surface area contributed by atoms with Crippen LogP contribution in [-0.4, -0.2) is 23.2 Å². The molecule has 1 atom stereocenters.